The molecule has 0 aliphatic heterocycles. The number of benzene rings is 2. The van der Waals surface area contributed by atoms with E-state index in [2.05, 4.69) is 21.7 Å². The first-order valence-corrected chi connectivity index (χ1v) is 11.5. The van der Waals surface area contributed by atoms with Crippen molar-refractivity contribution in [1.82, 2.24) is 15.0 Å². The van der Waals surface area contributed by atoms with Crippen LogP contribution in [0.1, 0.15) is 27.9 Å². The monoisotopic (exact) mass is 487 g/mol. The maximum absolute atomic E-state index is 9.09. The molecule has 2 N–H and O–H groups in total. The fourth-order valence-corrected chi connectivity index (χ4v) is 4.01. The maximum Gasteiger partial charge on any atom is 0.229 e. The Morgan fingerprint density at radius 2 is 1.76 bits per heavy atom. The number of hydrogen-bond donors (Lipinski definition) is 2. The number of methoxy groups -OCH3 is 1. The lowest BCUT2D eigenvalue weighted by molar-refractivity contribution is 0.182. The molecule has 2 heterocycles. The molecule has 0 aliphatic carbocycles. The largest absolute Gasteiger partial charge is 0.378 e. The summed E-state index contributed by atoms with van der Waals surface area (Å²) in [5.74, 6) is 0.980. The first-order chi connectivity index (χ1) is 18.0. The molecular formula is C29H25N7O. The Hall–Kier alpha value is -5.05. The summed E-state index contributed by atoms with van der Waals surface area (Å²) in [6.45, 7) is 4.28. The van der Waals surface area contributed by atoms with Crippen molar-refractivity contribution in [3.05, 3.63) is 94.9 Å². The van der Waals surface area contributed by atoms with Gasteiger partial charge in [0, 0.05) is 42.5 Å². The van der Waals surface area contributed by atoms with Gasteiger partial charge in [-0.25, -0.2) is 4.98 Å². The predicted molar refractivity (Wildman–Crippen MR) is 144 cm³/mol. The third kappa shape index (κ3) is 5.96. The molecule has 2 aromatic heterocycles. The van der Waals surface area contributed by atoms with E-state index >= 15 is 0 Å². The van der Waals surface area contributed by atoms with Gasteiger partial charge in [0.15, 0.2) is 0 Å². The average Bonchev–Trinajstić information content (AvgIpc) is 2.90. The lowest BCUT2D eigenvalue weighted by Gasteiger charge is -2.19. The molecule has 8 heteroatoms. The Morgan fingerprint density at radius 1 is 1.00 bits per heavy atom. The van der Waals surface area contributed by atoms with Crippen LogP contribution in [-0.4, -0.2) is 22.1 Å². The highest BCUT2D eigenvalue weighted by atomic mass is 16.5. The van der Waals surface area contributed by atoms with Crippen LogP contribution in [0.15, 0.2) is 67.0 Å². The van der Waals surface area contributed by atoms with Crippen molar-refractivity contribution in [1.29, 1.82) is 10.5 Å². The van der Waals surface area contributed by atoms with Gasteiger partial charge in [-0.15, -0.1) is 0 Å². The zero-order chi connectivity index (χ0) is 26.2. The minimum Gasteiger partial charge on any atom is -0.378 e. The molecular weight excluding hydrogens is 462 g/mol. The summed E-state index contributed by atoms with van der Waals surface area (Å²) < 4.78 is 5.50. The Bertz CT molecular complexity index is 1490. The summed E-state index contributed by atoms with van der Waals surface area (Å²) in [5.41, 5.74) is 7.51. The van der Waals surface area contributed by atoms with E-state index in [9.17, 15) is 0 Å². The molecule has 2 aromatic carbocycles. The second-order valence-corrected chi connectivity index (χ2v) is 8.32. The zero-order valence-electron chi connectivity index (χ0n) is 20.8. The van der Waals surface area contributed by atoms with E-state index in [1.807, 2.05) is 56.3 Å². The van der Waals surface area contributed by atoms with Gasteiger partial charge in [0.25, 0.3) is 0 Å². The Balaban J connectivity index is 1.84. The number of hydrogen-bond acceptors (Lipinski definition) is 8. The summed E-state index contributed by atoms with van der Waals surface area (Å²) in [6.07, 6.45) is 6.73. The second-order valence-electron chi connectivity index (χ2n) is 8.32. The number of allylic oxidation sites excluding steroid dienone is 1. The number of nitriles is 2. The number of anilines is 4. The van der Waals surface area contributed by atoms with Crippen molar-refractivity contribution in [3.63, 3.8) is 0 Å². The van der Waals surface area contributed by atoms with E-state index in [1.54, 1.807) is 37.7 Å². The Labute approximate surface area is 215 Å². The highest BCUT2D eigenvalue weighted by molar-refractivity contribution is 5.82. The molecule has 0 amide bonds. The average molecular weight is 488 g/mol. The predicted octanol–water partition coefficient (Wildman–Crippen LogP) is 6.20. The van der Waals surface area contributed by atoms with Crippen molar-refractivity contribution in [3.8, 4) is 23.3 Å². The molecule has 0 aliphatic rings. The molecule has 4 rings (SSSR count). The van der Waals surface area contributed by atoms with Gasteiger partial charge < -0.3 is 15.4 Å². The number of nitrogens with zero attached hydrogens (tertiary/aromatic N) is 5. The Kier molecular flexibility index (Phi) is 7.85. The fraction of sp³-hybridized carbons (Fsp3) is 0.138. The molecule has 0 unspecified atom stereocenters. The molecule has 0 radical (unpaired) electrons. The van der Waals surface area contributed by atoms with E-state index in [-0.39, 0.29) is 6.61 Å². The van der Waals surface area contributed by atoms with Gasteiger partial charge in [0.2, 0.25) is 5.95 Å². The van der Waals surface area contributed by atoms with Gasteiger partial charge in [-0.2, -0.15) is 15.5 Å². The van der Waals surface area contributed by atoms with Gasteiger partial charge >= 0.3 is 0 Å². The van der Waals surface area contributed by atoms with Crippen molar-refractivity contribution >= 4 is 29.2 Å². The normalized spacial score (nSPS) is 10.6. The minimum absolute atomic E-state index is 0.263. The van der Waals surface area contributed by atoms with Crippen LogP contribution in [0.5, 0.6) is 0 Å². The summed E-state index contributed by atoms with van der Waals surface area (Å²) in [7, 11) is 1.62. The van der Waals surface area contributed by atoms with E-state index in [4.69, 9.17) is 25.2 Å². The van der Waals surface area contributed by atoms with Crippen LogP contribution in [0.3, 0.4) is 0 Å². The molecule has 8 nitrogen and oxygen atoms in total. The number of ether oxygens (including phenoxy) is 1. The lowest BCUT2D eigenvalue weighted by Crippen LogP contribution is -2.09. The van der Waals surface area contributed by atoms with Crippen LogP contribution in [0.2, 0.25) is 0 Å². The van der Waals surface area contributed by atoms with Crippen LogP contribution in [0.25, 0.3) is 17.2 Å². The standard InChI is InChI=1S/C29H25N7O/c1-19-14-22(6-4-12-30)15-20(2)27(19)35-28-26(23-7-5-13-32-17-23)25(18-37-3)34-29(36-28)33-24-10-8-21(16-31)9-11-24/h4-11,13-15,17H,18H2,1-3H3,(H2,33,34,35,36)/b6-4+. The quantitative estimate of drug-likeness (QED) is 0.282. The first kappa shape index (κ1) is 25.1. The van der Waals surface area contributed by atoms with Crippen LogP contribution < -0.4 is 10.6 Å². The number of rotatable bonds is 8. The molecule has 0 fully saturated rings. The molecule has 4 aromatic rings. The van der Waals surface area contributed by atoms with Gasteiger partial charge in [0.1, 0.15) is 5.82 Å². The topological polar surface area (TPSA) is 120 Å². The Morgan fingerprint density at radius 3 is 2.38 bits per heavy atom. The van der Waals surface area contributed by atoms with E-state index in [1.165, 1.54) is 6.08 Å². The van der Waals surface area contributed by atoms with Gasteiger partial charge in [-0.05, 0) is 79.1 Å². The van der Waals surface area contributed by atoms with Gasteiger partial charge in [0.05, 0.1) is 35.6 Å². The SMILES string of the molecule is COCc1nc(Nc2ccc(C#N)cc2)nc(Nc2c(C)cc(/C=C/C#N)cc2C)c1-c1cccnc1. The molecule has 0 saturated carbocycles. The van der Waals surface area contributed by atoms with Crippen LogP contribution in [0, 0.1) is 36.5 Å². The zero-order valence-corrected chi connectivity index (χ0v) is 20.8. The van der Waals surface area contributed by atoms with Crippen LogP contribution in [0.4, 0.5) is 23.1 Å². The third-order valence-corrected chi connectivity index (χ3v) is 5.63. The van der Waals surface area contributed by atoms with Crippen molar-refractivity contribution in [2.45, 2.75) is 20.5 Å². The molecule has 0 saturated heterocycles. The van der Waals surface area contributed by atoms with Gasteiger partial charge in [-0.3, -0.25) is 4.98 Å². The minimum atomic E-state index is 0.263. The highest BCUT2D eigenvalue weighted by Gasteiger charge is 2.19. The van der Waals surface area contributed by atoms with Crippen LogP contribution in [-0.2, 0) is 11.3 Å². The maximum atomic E-state index is 9.09. The fourth-order valence-electron chi connectivity index (χ4n) is 4.01. The summed E-state index contributed by atoms with van der Waals surface area (Å²) >= 11 is 0. The number of nitrogens with one attached hydrogen (secondary N) is 2. The van der Waals surface area contributed by atoms with Crippen molar-refractivity contribution in [2.24, 2.45) is 0 Å². The summed E-state index contributed by atoms with van der Waals surface area (Å²) in [4.78, 5) is 13.9. The van der Waals surface area contributed by atoms with E-state index < -0.39 is 0 Å². The highest BCUT2D eigenvalue weighted by Crippen LogP contribution is 2.35. The van der Waals surface area contributed by atoms with Crippen LogP contribution >= 0.6 is 0 Å². The molecule has 0 spiro atoms. The number of aromatic nitrogens is 3. The van der Waals surface area contributed by atoms with Gasteiger partial charge in [-0.1, -0.05) is 6.07 Å². The van der Waals surface area contributed by atoms with E-state index in [0.29, 0.717) is 23.0 Å². The number of pyridine rings is 1. The molecule has 37 heavy (non-hydrogen) atoms. The van der Waals surface area contributed by atoms with E-state index in [0.717, 1.165) is 39.2 Å². The van der Waals surface area contributed by atoms with Crippen molar-refractivity contribution in [2.75, 3.05) is 17.7 Å². The molecule has 182 valence electrons. The smallest absolute Gasteiger partial charge is 0.229 e. The second kappa shape index (κ2) is 11.6. The molecule has 0 atom stereocenters. The summed E-state index contributed by atoms with van der Waals surface area (Å²) in [5, 5.41) is 24.7. The lowest BCUT2D eigenvalue weighted by atomic mass is 10.0. The number of aryl methyl sites for hydroxylation is 2. The molecule has 0 bridgehead atoms. The third-order valence-electron chi connectivity index (χ3n) is 5.63. The first-order valence-electron chi connectivity index (χ1n) is 11.5. The summed E-state index contributed by atoms with van der Waals surface area (Å²) in [6, 6.07) is 19.1. The van der Waals surface area contributed by atoms with Crippen molar-refractivity contribution < 1.29 is 4.74 Å².